The third-order valence-electron chi connectivity index (χ3n) is 4.15. The molecule has 1 aliphatic heterocycles. The van der Waals surface area contributed by atoms with E-state index in [0.717, 1.165) is 38.5 Å². The normalized spacial score (nSPS) is 30.6. The third-order valence-corrected chi connectivity index (χ3v) is 4.15. The highest BCUT2D eigenvalue weighted by Gasteiger charge is 2.48. The number of alkyl halides is 2. The van der Waals surface area contributed by atoms with Crippen LogP contribution >= 0.6 is 0 Å². The van der Waals surface area contributed by atoms with E-state index in [1.54, 1.807) is 0 Å². The second-order valence-electron chi connectivity index (χ2n) is 6.25. The molecule has 4 nitrogen and oxygen atoms in total. The Labute approximate surface area is 145 Å². The van der Waals surface area contributed by atoms with Crippen LogP contribution in [0.1, 0.15) is 59.3 Å². The Hall–Kier alpha value is -0.300. The molecule has 1 rings (SSSR count). The van der Waals surface area contributed by atoms with Crippen molar-refractivity contribution in [3.05, 3.63) is 0 Å². The molecular formula is C18H34F2O4. The van der Waals surface area contributed by atoms with E-state index >= 15 is 0 Å². The monoisotopic (exact) mass is 352 g/mol. The molecule has 6 heteroatoms. The molecule has 0 bridgehead atoms. The molecular weight excluding hydrogens is 318 g/mol. The zero-order chi connectivity index (χ0) is 17.8. The Morgan fingerprint density at radius 2 is 1.21 bits per heavy atom. The lowest BCUT2D eigenvalue weighted by Gasteiger charge is -2.43. The maximum atomic E-state index is 14.4. The van der Waals surface area contributed by atoms with E-state index in [-0.39, 0.29) is 0 Å². The highest BCUT2D eigenvalue weighted by molar-refractivity contribution is 4.92. The largest absolute Gasteiger partial charge is 0.373 e. The van der Waals surface area contributed by atoms with E-state index in [2.05, 4.69) is 13.8 Å². The summed E-state index contributed by atoms with van der Waals surface area (Å²) in [5.41, 5.74) is 0. The minimum absolute atomic E-state index is 0.431. The minimum Gasteiger partial charge on any atom is -0.373 e. The average molecular weight is 352 g/mol. The number of rotatable bonds is 13. The SMILES string of the molecule is CCCCOC1C(OCCCC)[C@H](F)OC(CF)[C@@H]1OCCCC. The van der Waals surface area contributed by atoms with Crippen LogP contribution in [0.5, 0.6) is 0 Å². The Balaban J connectivity index is 2.79. The summed E-state index contributed by atoms with van der Waals surface area (Å²) in [5, 5.41) is 0. The van der Waals surface area contributed by atoms with Crippen molar-refractivity contribution in [1.29, 1.82) is 0 Å². The van der Waals surface area contributed by atoms with Gasteiger partial charge in [-0.05, 0) is 19.3 Å². The lowest BCUT2D eigenvalue weighted by atomic mass is 9.99. The molecule has 0 aliphatic carbocycles. The zero-order valence-electron chi connectivity index (χ0n) is 15.3. The average Bonchev–Trinajstić information content (AvgIpc) is 2.58. The van der Waals surface area contributed by atoms with Gasteiger partial charge >= 0.3 is 0 Å². The van der Waals surface area contributed by atoms with Gasteiger partial charge < -0.3 is 18.9 Å². The first-order valence-electron chi connectivity index (χ1n) is 9.39. The summed E-state index contributed by atoms with van der Waals surface area (Å²) in [5.74, 6) is 0. The molecule has 0 aromatic rings. The van der Waals surface area contributed by atoms with Crippen LogP contribution in [0.15, 0.2) is 0 Å². The van der Waals surface area contributed by atoms with Gasteiger partial charge in [0.25, 0.3) is 0 Å². The fourth-order valence-electron chi connectivity index (χ4n) is 2.65. The van der Waals surface area contributed by atoms with Crippen LogP contribution in [0.25, 0.3) is 0 Å². The van der Waals surface area contributed by atoms with Gasteiger partial charge in [0.2, 0.25) is 6.36 Å². The summed E-state index contributed by atoms with van der Waals surface area (Å²) in [6.45, 7) is 6.74. The molecule has 0 aromatic carbocycles. The van der Waals surface area contributed by atoms with Crippen LogP contribution in [-0.2, 0) is 18.9 Å². The quantitative estimate of drug-likeness (QED) is 0.465. The van der Waals surface area contributed by atoms with Crippen LogP contribution in [0, 0.1) is 0 Å². The predicted octanol–water partition coefficient (Wildman–Crippen LogP) is 4.21. The van der Waals surface area contributed by atoms with Gasteiger partial charge in [-0.25, -0.2) is 8.78 Å². The van der Waals surface area contributed by atoms with Crippen molar-refractivity contribution in [1.82, 2.24) is 0 Å². The van der Waals surface area contributed by atoms with Crippen molar-refractivity contribution in [2.24, 2.45) is 0 Å². The van der Waals surface area contributed by atoms with Gasteiger partial charge in [0, 0.05) is 19.8 Å². The van der Waals surface area contributed by atoms with Crippen LogP contribution in [-0.4, -0.2) is 57.3 Å². The van der Waals surface area contributed by atoms with Gasteiger partial charge in [0.05, 0.1) is 0 Å². The zero-order valence-corrected chi connectivity index (χ0v) is 15.3. The molecule has 1 fully saturated rings. The smallest absolute Gasteiger partial charge is 0.228 e. The van der Waals surface area contributed by atoms with Crippen molar-refractivity contribution in [3.8, 4) is 0 Å². The summed E-state index contributed by atoms with van der Waals surface area (Å²) in [7, 11) is 0. The van der Waals surface area contributed by atoms with Crippen molar-refractivity contribution < 1.29 is 27.7 Å². The van der Waals surface area contributed by atoms with Crippen molar-refractivity contribution in [2.75, 3.05) is 26.5 Å². The van der Waals surface area contributed by atoms with Gasteiger partial charge in [0.15, 0.2) is 0 Å². The van der Waals surface area contributed by atoms with Crippen molar-refractivity contribution in [2.45, 2.75) is 90.1 Å². The van der Waals surface area contributed by atoms with Gasteiger partial charge in [-0.3, -0.25) is 0 Å². The molecule has 0 radical (unpaired) electrons. The molecule has 24 heavy (non-hydrogen) atoms. The summed E-state index contributed by atoms with van der Waals surface area (Å²) in [4.78, 5) is 0. The fraction of sp³-hybridized carbons (Fsp3) is 1.00. The molecule has 0 amide bonds. The molecule has 1 saturated heterocycles. The Kier molecular flexibility index (Phi) is 11.8. The molecule has 144 valence electrons. The molecule has 1 heterocycles. The van der Waals surface area contributed by atoms with E-state index < -0.39 is 37.4 Å². The van der Waals surface area contributed by atoms with E-state index in [4.69, 9.17) is 18.9 Å². The van der Waals surface area contributed by atoms with Crippen molar-refractivity contribution >= 4 is 0 Å². The van der Waals surface area contributed by atoms with E-state index in [1.165, 1.54) is 0 Å². The first-order valence-corrected chi connectivity index (χ1v) is 9.39. The molecule has 0 aromatic heterocycles. The summed E-state index contributed by atoms with van der Waals surface area (Å²) in [6, 6.07) is 0. The maximum Gasteiger partial charge on any atom is 0.228 e. The first kappa shape index (κ1) is 21.7. The molecule has 0 spiro atoms. The van der Waals surface area contributed by atoms with Gasteiger partial charge in [0.1, 0.15) is 31.1 Å². The first-order chi connectivity index (χ1) is 11.7. The molecule has 1 aliphatic rings. The Bertz CT molecular complexity index is 307. The van der Waals surface area contributed by atoms with E-state index in [0.29, 0.717) is 19.8 Å². The van der Waals surface area contributed by atoms with Crippen molar-refractivity contribution in [3.63, 3.8) is 0 Å². The van der Waals surface area contributed by atoms with E-state index in [9.17, 15) is 8.78 Å². The minimum atomic E-state index is -1.69. The Morgan fingerprint density at radius 3 is 1.67 bits per heavy atom. The maximum absolute atomic E-state index is 14.4. The van der Waals surface area contributed by atoms with Gasteiger partial charge in [-0.2, -0.15) is 0 Å². The van der Waals surface area contributed by atoms with E-state index in [1.807, 2.05) is 6.92 Å². The molecule has 0 saturated carbocycles. The topological polar surface area (TPSA) is 36.9 Å². The van der Waals surface area contributed by atoms with Crippen LogP contribution in [0.4, 0.5) is 8.78 Å². The lowest BCUT2D eigenvalue weighted by molar-refractivity contribution is -0.288. The summed E-state index contributed by atoms with van der Waals surface area (Å²) in [6.07, 6.45) is 0.642. The lowest BCUT2D eigenvalue weighted by Crippen LogP contribution is -2.60. The number of hydrogen-bond acceptors (Lipinski definition) is 4. The summed E-state index contributed by atoms with van der Waals surface area (Å²) < 4.78 is 50.3. The standard InChI is InChI=1S/C18H34F2O4/c1-4-7-10-21-15-14(13-19)24-18(20)17(23-12-9-6-3)16(15)22-11-8-5-2/h14-18H,4-13H2,1-3H3/t14?,15-,16?,17?,18+/m0/s1. The third kappa shape index (κ3) is 6.90. The molecule has 0 N–H and O–H groups in total. The Morgan fingerprint density at radius 1 is 0.750 bits per heavy atom. The number of halogens is 2. The van der Waals surface area contributed by atoms with Gasteiger partial charge in [-0.15, -0.1) is 0 Å². The predicted molar refractivity (Wildman–Crippen MR) is 89.7 cm³/mol. The highest BCUT2D eigenvalue weighted by Crippen LogP contribution is 2.29. The number of unbranched alkanes of at least 4 members (excludes halogenated alkanes) is 3. The second kappa shape index (κ2) is 13.0. The fourth-order valence-corrected chi connectivity index (χ4v) is 2.65. The second-order valence-corrected chi connectivity index (χ2v) is 6.25. The van der Waals surface area contributed by atoms with Gasteiger partial charge in [-0.1, -0.05) is 40.0 Å². The number of hydrogen-bond donors (Lipinski definition) is 0. The number of ether oxygens (including phenoxy) is 4. The van der Waals surface area contributed by atoms with Crippen LogP contribution < -0.4 is 0 Å². The van der Waals surface area contributed by atoms with Crippen LogP contribution in [0.2, 0.25) is 0 Å². The van der Waals surface area contributed by atoms with Crippen LogP contribution in [0.3, 0.4) is 0 Å². The highest BCUT2D eigenvalue weighted by atomic mass is 19.1. The molecule has 3 unspecified atom stereocenters. The summed E-state index contributed by atoms with van der Waals surface area (Å²) >= 11 is 0. The molecule has 5 atom stereocenters.